The zero-order valence-corrected chi connectivity index (χ0v) is 15.7. The summed E-state index contributed by atoms with van der Waals surface area (Å²) in [5.74, 6) is -3.06. The Morgan fingerprint density at radius 3 is 2.61 bits per heavy atom. The van der Waals surface area contributed by atoms with Crippen LogP contribution in [0, 0.1) is 11.6 Å². The molecule has 0 saturated heterocycles. The van der Waals surface area contributed by atoms with Gasteiger partial charge in [0.2, 0.25) is 5.91 Å². The highest BCUT2D eigenvalue weighted by Crippen LogP contribution is 2.50. The van der Waals surface area contributed by atoms with Crippen molar-refractivity contribution in [3.63, 3.8) is 0 Å². The molecular weight excluding hydrogens is 408 g/mol. The van der Waals surface area contributed by atoms with E-state index in [4.69, 9.17) is 11.6 Å². The molecule has 0 saturated carbocycles. The van der Waals surface area contributed by atoms with Gasteiger partial charge in [-0.3, -0.25) is 4.79 Å². The number of rotatable bonds is 3. The van der Waals surface area contributed by atoms with Gasteiger partial charge in [-0.25, -0.2) is 13.6 Å². The number of fused-ring (bicyclic) bond motifs is 1. The van der Waals surface area contributed by atoms with Gasteiger partial charge in [0, 0.05) is 27.8 Å². The second kappa shape index (κ2) is 7.00. The Labute approximate surface area is 167 Å². The van der Waals surface area contributed by atoms with Crippen molar-refractivity contribution in [3.8, 4) is 11.1 Å². The summed E-state index contributed by atoms with van der Waals surface area (Å²) < 4.78 is 27.2. The van der Waals surface area contributed by atoms with Gasteiger partial charge in [0.15, 0.2) is 0 Å². The Morgan fingerprint density at radius 1 is 1.18 bits per heavy atom. The van der Waals surface area contributed by atoms with Gasteiger partial charge in [0.05, 0.1) is 5.69 Å². The van der Waals surface area contributed by atoms with Crippen LogP contribution in [0.1, 0.15) is 32.5 Å². The first-order valence-corrected chi connectivity index (χ1v) is 9.45. The summed E-state index contributed by atoms with van der Waals surface area (Å²) in [5.41, 5.74) is 1.46. The molecule has 8 heteroatoms. The van der Waals surface area contributed by atoms with Crippen molar-refractivity contribution in [1.82, 2.24) is 0 Å². The number of thiophene rings is 1. The third kappa shape index (κ3) is 3.16. The van der Waals surface area contributed by atoms with Crippen LogP contribution in [0.15, 0.2) is 42.5 Å². The first-order chi connectivity index (χ1) is 13.3. The second-order valence-electron chi connectivity index (χ2n) is 6.33. The number of amides is 1. The fraction of sp³-hybridized carbons (Fsp3) is 0.100. The molecule has 4 rings (SSSR count). The van der Waals surface area contributed by atoms with Crippen molar-refractivity contribution >= 4 is 40.5 Å². The van der Waals surface area contributed by atoms with Gasteiger partial charge in [-0.2, -0.15) is 0 Å². The van der Waals surface area contributed by atoms with Crippen LogP contribution in [0.2, 0.25) is 5.02 Å². The number of anilines is 1. The molecular formula is C20H12ClF2NO3S. The number of carbonyl (C=O) groups excluding carboxylic acids is 1. The largest absolute Gasteiger partial charge is 0.477 e. The van der Waals surface area contributed by atoms with Crippen molar-refractivity contribution in [2.45, 2.75) is 12.3 Å². The van der Waals surface area contributed by atoms with Gasteiger partial charge in [-0.1, -0.05) is 29.8 Å². The number of hydrogen-bond donors (Lipinski definition) is 2. The lowest BCUT2D eigenvalue weighted by molar-refractivity contribution is -0.116. The zero-order valence-electron chi connectivity index (χ0n) is 14.1. The highest BCUT2D eigenvalue weighted by molar-refractivity contribution is 7.15. The van der Waals surface area contributed by atoms with E-state index >= 15 is 0 Å². The maximum Gasteiger partial charge on any atom is 0.346 e. The molecule has 0 bridgehead atoms. The molecule has 142 valence electrons. The lowest BCUT2D eigenvalue weighted by Gasteiger charge is -2.24. The normalized spacial score (nSPS) is 15.8. The van der Waals surface area contributed by atoms with Crippen LogP contribution in [-0.4, -0.2) is 17.0 Å². The summed E-state index contributed by atoms with van der Waals surface area (Å²) in [6.45, 7) is 0. The molecule has 1 aromatic heterocycles. The smallest absolute Gasteiger partial charge is 0.346 e. The standard InChI is InChI=1S/C20H12ClF2NO3S/c21-14-7-11(23)4-5-12(14)13-8-15(25)24-17-16(9-2-1-3-10(22)6-9)19(20(26)27)28-18(13)17/h1-7,13H,8H2,(H,24,25)(H,26,27)/t13-/m0/s1. The van der Waals surface area contributed by atoms with Crippen molar-refractivity contribution in [1.29, 1.82) is 0 Å². The first kappa shape index (κ1) is 18.6. The minimum Gasteiger partial charge on any atom is -0.477 e. The Kier molecular flexibility index (Phi) is 4.64. The molecule has 1 aliphatic heterocycles. The van der Waals surface area contributed by atoms with E-state index < -0.39 is 23.5 Å². The molecule has 2 aromatic carbocycles. The van der Waals surface area contributed by atoms with Gasteiger partial charge >= 0.3 is 5.97 Å². The Morgan fingerprint density at radius 2 is 1.93 bits per heavy atom. The Hall–Kier alpha value is -2.77. The van der Waals surface area contributed by atoms with Crippen molar-refractivity contribution in [2.24, 2.45) is 0 Å². The van der Waals surface area contributed by atoms with Gasteiger partial charge in [-0.15, -0.1) is 11.3 Å². The van der Waals surface area contributed by atoms with E-state index in [1.54, 1.807) is 6.07 Å². The summed E-state index contributed by atoms with van der Waals surface area (Å²) in [6, 6.07) is 9.41. The molecule has 1 atom stereocenters. The van der Waals surface area contributed by atoms with Crippen LogP contribution in [-0.2, 0) is 4.79 Å². The van der Waals surface area contributed by atoms with Gasteiger partial charge in [-0.05, 0) is 35.4 Å². The number of hydrogen-bond acceptors (Lipinski definition) is 3. The number of carboxylic acid groups (broad SMARTS) is 1. The molecule has 0 aliphatic carbocycles. The first-order valence-electron chi connectivity index (χ1n) is 8.26. The minimum absolute atomic E-state index is 0.0129. The average molecular weight is 420 g/mol. The fourth-order valence-electron chi connectivity index (χ4n) is 3.39. The molecule has 0 unspecified atom stereocenters. The summed E-state index contributed by atoms with van der Waals surface area (Å²) >= 11 is 7.19. The molecule has 2 N–H and O–H groups in total. The maximum atomic E-state index is 13.7. The van der Waals surface area contributed by atoms with E-state index in [0.717, 1.165) is 17.4 Å². The van der Waals surface area contributed by atoms with Crippen molar-refractivity contribution in [2.75, 3.05) is 5.32 Å². The molecule has 4 nitrogen and oxygen atoms in total. The SMILES string of the molecule is O=C1C[C@@H](c2ccc(F)cc2Cl)c2sc(C(=O)O)c(-c3cccc(F)c3)c2N1. The topological polar surface area (TPSA) is 66.4 Å². The van der Waals surface area contributed by atoms with Crippen LogP contribution in [0.4, 0.5) is 14.5 Å². The number of benzene rings is 2. The number of carboxylic acids is 1. The predicted molar refractivity (Wildman–Crippen MR) is 103 cm³/mol. The zero-order chi connectivity index (χ0) is 20.0. The highest BCUT2D eigenvalue weighted by atomic mass is 35.5. The lowest BCUT2D eigenvalue weighted by Crippen LogP contribution is -2.22. The van der Waals surface area contributed by atoms with E-state index in [1.165, 1.54) is 30.3 Å². The van der Waals surface area contributed by atoms with Crippen LogP contribution in [0.3, 0.4) is 0 Å². The molecule has 0 spiro atoms. The van der Waals surface area contributed by atoms with E-state index in [1.807, 2.05) is 0 Å². The summed E-state index contributed by atoms with van der Waals surface area (Å²) in [6.07, 6.45) is 0.0422. The van der Waals surface area contributed by atoms with E-state index in [-0.39, 0.29) is 27.8 Å². The third-order valence-electron chi connectivity index (χ3n) is 4.55. The Balaban J connectivity index is 1.96. The van der Waals surface area contributed by atoms with E-state index in [0.29, 0.717) is 21.7 Å². The molecule has 1 aliphatic rings. The molecule has 0 fully saturated rings. The van der Waals surface area contributed by atoms with Gasteiger partial charge < -0.3 is 10.4 Å². The molecule has 28 heavy (non-hydrogen) atoms. The van der Waals surface area contributed by atoms with E-state index in [9.17, 15) is 23.5 Å². The van der Waals surface area contributed by atoms with Crippen molar-refractivity contribution < 1.29 is 23.5 Å². The predicted octanol–water partition coefficient (Wildman–Crippen LogP) is 5.52. The summed E-state index contributed by atoms with van der Waals surface area (Å²) in [4.78, 5) is 24.8. The maximum absolute atomic E-state index is 13.7. The van der Waals surface area contributed by atoms with Crippen LogP contribution < -0.4 is 5.32 Å². The van der Waals surface area contributed by atoms with Crippen LogP contribution >= 0.6 is 22.9 Å². The second-order valence-corrected chi connectivity index (χ2v) is 7.79. The number of halogens is 3. The lowest BCUT2D eigenvalue weighted by atomic mass is 9.88. The summed E-state index contributed by atoms with van der Waals surface area (Å²) in [5, 5.41) is 12.6. The number of aromatic carboxylic acids is 1. The quantitative estimate of drug-likeness (QED) is 0.587. The average Bonchev–Trinajstić information content (AvgIpc) is 3.01. The van der Waals surface area contributed by atoms with Crippen LogP contribution in [0.25, 0.3) is 11.1 Å². The number of nitrogens with one attached hydrogen (secondary N) is 1. The number of carbonyl (C=O) groups is 2. The third-order valence-corrected chi connectivity index (χ3v) is 6.17. The van der Waals surface area contributed by atoms with Gasteiger partial charge in [0.25, 0.3) is 0 Å². The monoisotopic (exact) mass is 419 g/mol. The van der Waals surface area contributed by atoms with Crippen LogP contribution in [0.5, 0.6) is 0 Å². The Bertz CT molecular complexity index is 1130. The summed E-state index contributed by atoms with van der Waals surface area (Å²) in [7, 11) is 0. The van der Waals surface area contributed by atoms with Crippen molar-refractivity contribution in [3.05, 3.63) is 74.4 Å². The fourth-order valence-corrected chi connectivity index (χ4v) is 4.93. The molecule has 0 radical (unpaired) electrons. The molecule has 1 amide bonds. The molecule has 3 aromatic rings. The highest BCUT2D eigenvalue weighted by Gasteiger charge is 2.35. The molecule has 2 heterocycles. The van der Waals surface area contributed by atoms with Gasteiger partial charge in [0.1, 0.15) is 16.5 Å². The minimum atomic E-state index is -1.18. The van der Waals surface area contributed by atoms with E-state index in [2.05, 4.69) is 5.32 Å².